The van der Waals surface area contributed by atoms with Gasteiger partial charge in [-0.3, -0.25) is 24.4 Å². The molecule has 0 atom stereocenters. The van der Waals surface area contributed by atoms with E-state index >= 15 is 0 Å². The molecule has 0 aliphatic rings. The van der Waals surface area contributed by atoms with Crippen LogP contribution in [0.3, 0.4) is 0 Å². The minimum atomic E-state index is -0.503. The smallest absolute Gasteiger partial charge is 0.295 e. The molecule has 28 heavy (non-hydrogen) atoms. The van der Waals surface area contributed by atoms with Gasteiger partial charge in [0.1, 0.15) is 5.69 Å². The molecular weight excluding hydrogens is 360 g/mol. The van der Waals surface area contributed by atoms with Gasteiger partial charge in [-0.1, -0.05) is 30.3 Å². The maximum Gasteiger partial charge on any atom is 0.295 e. The van der Waals surface area contributed by atoms with Crippen LogP contribution in [0.2, 0.25) is 0 Å². The molecule has 0 aliphatic heterocycles. The molecule has 1 N–H and O–H groups in total. The van der Waals surface area contributed by atoms with Gasteiger partial charge in [-0.2, -0.15) is 0 Å². The molecule has 1 amide bonds. The fraction of sp³-hybridized carbons (Fsp3) is 0.100. The van der Waals surface area contributed by atoms with Crippen molar-refractivity contribution in [3.05, 3.63) is 92.4 Å². The second-order valence-corrected chi connectivity index (χ2v) is 6.11. The molecule has 0 fully saturated rings. The van der Waals surface area contributed by atoms with E-state index in [2.05, 4.69) is 5.32 Å². The monoisotopic (exact) mass is 378 g/mol. The summed E-state index contributed by atoms with van der Waals surface area (Å²) >= 11 is 0. The SMILES string of the molecule is Cc1c(NC(=O)C=Cc2cccc([N+](=O)[O-])c2)c(=O)n(-c2ccccc2)n1C. The Hall–Kier alpha value is -3.94. The van der Waals surface area contributed by atoms with Crippen LogP contribution in [0.15, 0.2) is 65.5 Å². The third-order valence-electron chi connectivity index (χ3n) is 4.31. The molecule has 8 nitrogen and oxygen atoms in total. The Morgan fingerprint density at radius 2 is 1.86 bits per heavy atom. The minimum absolute atomic E-state index is 0.0628. The Labute approximate surface area is 160 Å². The topological polar surface area (TPSA) is 99.2 Å². The number of aromatic nitrogens is 2. The number of rotatable bonds is 5. The largest absolute Gasteiger partial charge is 0.316 e. The zero-order valence-corrected chi connectivity index (χ0v) is 15.3. The summed E-state index contributed by atoms with van der Waals surface area (Å²) in [4.78, 5) is 35.4. The van der Waals surface area contributed by atoms with Crippen molar-refractivity contribution in [1.82, 2.24) is 9.36 Å². The first-order chi connectivity index (χ1) is 13.4. The van der Waals surface area contributed by atoms with Gasteiger partial charge in [-0.15, -0.1) is 0 Å². The molecule has 3 rings (SSSR count). The summed E-state index contributed by atoms with van der Waals surface area (Å²) in [5.41, 5.74) is 1.57. The molecule has 0 aliphatic carbocycles. The van der Waals surface area contributed by atoms with E-state index in [1.807, 2.05) is 18.2 Å². The standard InChI is InChI=1S/C20H18N4O4/c1-14-19(20(26)23(22(14)2)16-8-4-3-5-9-16)21-18(25)12-11-15-7-6-10-17(13-15)24(27)28/h3-13H,1-2H3,(H,21,25). The number of non-ortho nitro benzene ring substituents is 1. The van der Waals surface area contributed by atoms with Gasteiger partial charge in [-0.25, -0.2) is 4.68 Å². The van der Waals surface area contributed by atoms with Crippen LogP contribution in [-0.2, 0) is 11.8 Å². The van der Waals surface area contributed by atoms with Gasteiger partial charge in [0.15, 0.2) is 0 Å². The molecule has 1 heterocycles. The predicted octanol–water partition coefficient (Wildman–Crippen LogP) is 3.04. The number of nitro groups is 1. The van der Waals surface area contributed by atoms with Crippen LogP contribution in [-0.4, -0.2) is 20.2 Å². The minimum Gasteiger partial charge on any atom is -0.316 e. The number of hydrogen-bond donors (Lipinski definition) is 1. The van der Waals surface area contributed by atoms with E-state index in [1.165, 1.54) is 35.0 Å². The number of anilines is 1. The molecule has 8 heteroatoms. The number of carbonyl (C=O) groups excluding carboxylic acids is 1. The van der Waals surface area contributed by atoms with Crippen LogP contribution in [0.25, 0.3) is 11.8 Å². The fourth-order valence-corrected chi connectivity index (χ4v) is 2.79. The van der Waals surface area contributed by atoms with E-state index in [-0.39, 0.29) is 16.9 Å². The summed E-state index contributed by atoms with van der Waals surface area (Å²) in [6.07, 6.45) is 2.69. The summed E-state index contributed by atoms with van der Waals surface area (Å²) in [7, 11) is 1.73. The van der Waals surface area contributed by atoms with Crippen LogP contribution in [0.5, 0.6) is 0 Å². The molecule has 0 unspecified atom stereocenters. The van der Waals surface area contributed by atoms with Crippen molar-refractivity contribution < 1.29 is 9.72 Å². The summed E-state index contributed by atoms with van der Waals surface area (Å²) in [5, 5.41) is 13.4. The van der Waals surface area contributed by atoms with Crippen LogP contribution in [0, 0.1) is 17.0 Å². The number of hydrogen-bond acceptors (Lipinski definition) is 4. The molecule has 0 bridgehead atoms. The average molecular weight is 378 g/mol. The Kier molecular flexibility index (Phi) is 5.21. The molecule has 142 valence electrons. The lowest BCUT2D eigenvalue weighted by Crippen LogP contribution is -2.22. The molecule has 3 aromatic rings. The third kappa shape index (κ3) is 3.75. The van der Waals surface area contributed by atoms with Crippen molar-refractivity contribution in [3.63, 3.8) is 0 Å². The molecule has 0 spiro atoms. The van der Waals surface area contributed by atoms with E-state index in [0.717, 1.165) is 0 Å². The molecule has 0 saturated carbocycles. The van der Waals surface area contributed by atoms with Gasteiger partial charge in [0.25, 0.3) is 11.2 Å². The summed E-state index contributed by atoms with van der Waals surface area (Å²) in [6.45, 7) is 1.74. The van der Waals surface area contributed by atoms with E-state index < -0.39 is 10.8 Å². The highest BCUT2D eigenvalue weighted by Gasteiger charge is 2.17. The maximum atomic E-state index is 12.8. The second kappa shape index (κ2) is 7.75. The molecular formula is C20H18N4O4. The maximum absolute atomic E-state index is 12.8. The number of benzene rings is 2. The van der Waals surface area contributed by atoms with Gasteiger partial charge < -0.3 is 5.32 Å². The molecule has 2 aromatic carbocycles. The van der Waals surface area contributed by atoms with Crippen LogP contribution < -0.4 is 10.9 Å². The lowest BCUT2D eigenvalue weighted by molar-refractivity contribution is -0.384. The summed E-state index contributed by atoms with van der Waals surface area (Å²) in [6, 6.07) is 15.0. The molecule has 1 aromatic heterocycles. The van der Waals surface area contributed by atoms with Crippen molar-refractivity contribution in [3.8, 4) is 5.69 Å². The first kappa shape index (κ1) is 18.8. The second-order valence-electron chi connectivity index (χ2n) is 6.11. The first-order valence-electron chi connectivity index (χ1n) is 8.46. The number of carbonyl (C=O) groups is 1. The van der Waals surface area contributed by atoms with Crippen molar-refractivity contribution in [1.29, 1.82) is 0 Å². The third-order valence-corrected chi connectivity index (χ3v) is 4.31. The number of para-hydroxylation sites is 1. The molecule has 0 saturated heterocycles. The van der Waals surface area contributed by atoms with Gasteiger partial charge in [0.05, 0.1) is 16.3 Å². The highest BCUT2D eigenvalue weighted by Crippen LogP contribution is 2.16. The van der Waals surface area contributed by atoms with Gasteiger partial charge in [-0.05, 0) is 30.7 Å². The fourth-order valence-electron chi connectivity index (χ4n) is 2.79. The van der Waals surface area contributed by atoms with E-state index in [9.17, 15) is 19.7 Å². The zero-order chi connectivity index (χ0) is 20.3. The van der Waals surface area contributed by atoms with Crippen LogP contribution in [0.4, 0.5) is 11.4 Å². The lowest BCUT2D eigenvalue weighted by atomic mass is 10.2. The molecule has 0 radical (unpaired) electrons. The quantitative estimate of drug-likeness (QED) is 0.419. The zero-order valence-electron chi connectivity index (χ0n) is 15.3. The number of nitrogens with zero attached hydrogens (tertiary/aromatic N) is 3. The Morgan fingerprint density at radius 3 is 2.54 bits per heavy atom. The van der Waals surface area contributed by atoms with Crippen molar-refractivity contribution in [2.45, 2.75) is 6.92 Å². The van der Waals surface area contributed by atoms with Gasteiger partial charge >= 0.3 is 0 Å². The highest BCUT2D eigenvalue weighted by atomic mass is 16.6. The highest BCUT2D eigenvalue weighted by molar-refractivity contribution is 6.02. The average Bonchev–Trinajstić information content (AvgIpc) is 2.90. The lowest BCUT2D eigenvalue weighted by Gasteiger charge is -2.07. The summed E-state index contributed by atoms with van der Waals surface area (Å²) in [5.74, 6) is -0.502. The van der Waals surface area contributed by atoms with Crippen molar-refractivity contribution in [2.24, 2.45) is 7.05 Å². The number of nitro benzene ring substituents is 1. The summed E-state index contributed by atoms with van der Waals surface area (Å²) < 4.78 is 3.13. The Bertz CT molecular complexity index is 1130. The van der Waals surface area contributed by atoms with E-state index in [4.69, 9.17) is 0 Å². The van der Waals surface area contributed by atoms with Gasteiger partial charge in [0, 0.05) is 25.3 Å². The first-order valence-corrected chi connectivity index (χ1v) is 8.46. The number of amides is 1. The number of nitrogens with one attached hydrogen (secondary N) is 1. The Morgan fingerprint density at radius 1 is 1.14 bits per heavy atom. The van der Waals surface area contributed by atoms with E-state index in [0.29, 0.717) is 16.9 Å². The normalized spacial score (nSPS) is 10.9. The van der Waals surface area contributed by atoms with Gasteiger partial charge in [0.2, 0.25) is 5.91 Å². The predicted molar refractivity (Wildman–Crippen MR) is 107 cm³/mol. The van der Waals surface area contributed by atoms with Crippen molar-refractivity contribution >= 4 is 23.4 Å². The van der Waals surface area contributed by atoms with Crippen LogP contribution >= 0.6 is 0 Å². The van der Waals surface area contributed by atoms with E-state index in [1.54, 1.807) is 36.9 Å². The van der Waals surface area contributed by atoms with Crippen LogP contribution in [0.1, 0.15) is 11.3 Å². The van der Waals surface area contributed by atoms with Crippen molar-refractivity contribution in [2.75, 3.05) is 5.32 Å². The Balaban J connectivity index is 1.84.